The molecule has 146 valence electrons. The predicted molar refractivity (Wildman–Crippen MR) is 102 cm³/mol. The van der Waals surface area contributed by atoms with E-state index < -0.39 is 16.9 Å². The van der Waals surface area contributed by atoms with Gasteiger partial charge in [0.25, 0.3) is 11.6 Å². The molecule has 0 radical (unpaired) electrons. The molecule has 1 aromatic rings. The first-order valence-corrected chi connectivity index (χ1v) is 9.95. The number of carbonyl (C=O) groups excluding carboxylic acids is 2. The van der Waals surface area contributed by atoms with Gasteiger partial charge < -0.3 is 5.32 Å². The summed E-state index contributed by atoms with van der Waals surface area (Å²) in [6, 6.07) is 5.35. The molecule has 0 aliphatic heterocycles. The van der Waals surface area contributed by atoms with Gasteiger partial charge in [-0.25, -0.2) is 4.79 Å². The number of carbonyl (C=O) groups is 2. The third-order valence-electron chi connectivity index (χ3n) is 5.64. The molecule has 7 nitrogen and oxygen atoms in total. The first-order chi connectivity index (χ1) is 13.1. The maximum absolute atomic E-state index is 13.2. The Morgan fingerprint density at radius 2 is 1.56 bits per heavy atom. The molecule has 0 aromatic heterocycles. The van der Waals surface area contributed by atoms with Crippen LogP contribution in [0.25, 0.3) is 0 Å². The third kappa shape index (κ3) is 4.64. The Kier molecular flexibility index (Phi) is 6.42. The molecule has 0 bridgehead atoms. The van der Waals surface area contributed by atoms with Gasteiger partial charge in [0.05, 0.1) is 4.92 Å². The first-order valence-electron chi connectivity index (χ1n) is 9.95. The van der Waals surface area contributed by atoms with Gasteiger partial charge in [0.15, 0.2) is 0 Å². The van der Waals surface area contributed by atoms with E-state index >= 15 is 0 Å². The minimum Gasteiger partial charge on any atom is -0.335 e. The second kappa shape index (κ2) is 8.97. The number of hydrogen-bond donors (Lipinski definition) is 1. The molecule has 1 N–H and O–H groups in total. The topological polar surface area (TPSA) is 92.6 Å². The fourth-order valence-corrected chi connectivity index (χ4v) is 4.20. The molecule has 1 aromatic carbocycles. The van der Waals surface area contributed by atoms with Crippen molar-refractivity contribution < 1.29 is 14.5 Å². The van der Waals surface area contributed by atoms with Crippen LogP contribution in [0.5, 0.6) is 0 Å². The van der Waals surface area contributed by atoms with Gasteiger partial charge in [-0.05, 0) is 31.7 Å². The summed E-state index contributed by atoms with van der Waals surface area (Å²) in [5.41, 5.74) is -0.277. The van der Waals surface area contributed by atoms with Gasteiger partial charge in [-0.3, -0.25) is 19.8 Å². The van der Waals surface area contributed by atoms with E-state index in [0.29, 0.717) is 0 Å². The molecule has 0 saturated heterocycles. The van der Waals surface area contributed by atoms with Crippen LogP contribution in [0.3, 0.4) is 0 Å². The van der Waals surface area contributed by atoms with Crippen molar-refractivity contribution in [1.82, 2.24) is 10.2 Å². The highest BCUT2D eigenvalue weighted by Gasteiger charge is 2.35. The maximum atomic E-state index is 13.2. The Labute approximate surface area is 159 Å². The molecule has 0 spiro atoms. The number of nitro benzene ring substituents is 1. The van der Waals surface area contributed by atoms with Crippen LogP contribution in [0.2, 0.25) is 0 Å². The summed E-state index contributed by atoms with van der Waals surface area (Å²) in [6.45, 7) is 0. The monoisotopic (exact) mass is 373 g/mol. The largest absolute Gasteiger partial charge is 0.335 e. The predicted octanol–water partition coefficient (Wildman–Crippen LogP) is 4.41. The van der Waals surface area contributed by atoms with Crippen LogP contribution in [-0.2, 0) is 0 Å². The molecule has 2 fully saturated rings. The van der Waals surface area contributed by atoms with Crippen molar-refractivity contribution in [2.24, 2.45) is 0 Å². The number of nitrogens with zero attached hydrogens (tertiary/aromatic N) is 2. The number of hydrogen-bond acceptors (Lipinski definition) is 4. The van der Waals surface area contributed by atoms with Crippen LogP contribution in [-0.4, -0.2) is 33.8 Å². The average Bonchev–Trinajstić information content (AvgIpc) is 2.69. The number of urea groups is 1. The number of rotatable bonds is 4. The van der Waals surface area contributed by atoms with Crippen molar-refractivity contribution in [3.05, 3.63) is 39.9 Å². The van der Waals surface area contributed by atoms with Crippen LogP contribution >= 0.6 is 0 Å². The van der Waals surface area contributed by atoms with Gasteiger partial charge in [-0.2, -0.15) is 0 Å². The third-order valence-corrected chi connectivity index (χ3v) is 5.64. The van der Waals surface area contributed by atoms with Crippen molar-refractivity contribution in [1.29, 1.82) is 0 Å². The van der Waals surface area contributed by atoms with E-state index in [4.69, 9.17) is 0 Å². The summed E-state index contributed by atoms with van der Waals surface area (Å²) in [5, 5.41) is 14.4. The van der Waals surface area contributed by atoms with E-state index in [-0.39, 0.29) is 23.3 Å². The van der Waals surface area contributed by atoms with Crippen molar-refractivity contribution in [2.45, 2.75) is 76.3 Å². The molecular weight excluding hydrogens is 346 g/mol. The fourth-order valence-electron chi connectivity index (χ4n) is 4.20. The lowest BCUT2D eigenvalue weighted by atomic mass is 9.93. The summed E-state index contributed by atoms with van der Waals surface area (Å²) < 4.78 is 0. The second-order valence-electron chi connectivity index (χ2n) is 7.53. The number of imide groups is 1. The lowest BCUT2D eigenvalue weighted by molar-refractivity contribution is -0.385. The zero-order chi connectivity index (χ0) is 19.2. The Morgan fingerprint density at radius 3 is 2.19 bits per heavy atom. The van der Waals surface area contributed by atoms with Crippen LogP contribution in [0.4, 0.5) is 10.5 Å². The van der Waals surface area contributed by atoms with E-state index in [1.54, 1.807) is 6.07 Å². The zero-order valence-electron chi connectivity index (χ0n) is 15.6. The van der Waals surface area contributed by atoms with Crippen LogP contribution in [0.1, 0.15) is 74.6 Å². The summed E-state index contributed by atoms with van der Waals surface area (Å²) in [6.07, 6.45) is 9.69. The van der Waals surface area contributed by atoms with Crippen molar-refractivity contribution in [3.63, 3.8) is 0 Å². The first kappa shape index (κ1) is 19.3. The van der Waals surface area contributed by atoms with Crippen LogP contribution in [0, 0.1) is 10.1 Å². The van der Waals surface area contributed by atoms with Gasteiger partial charge in [0, 0.05) is 18.2 Å². The zero-order valence-corrected chi connectivity index (χ0v) is 15.6. The SMILES string of the molecule is O=C(NC1CCCCC1)N(C(=O)c1ccccc1[N+](=O)[O-])C1CCCCC1. The number of nitrogens with one attached hydrogen (secondary N) is 1. The number of benzene rings is 1. The minimum absolute atomic E-state index is 0.0214. The fraction of sp³-hybridized carbons (Fsp3) is 0.600. The normalized spacial score (nSPS) is 18.7. The van der Waals surface area contributed by atoms with Crippen LogP contribution < -0.4 is 5.32 Å². The number of amides is 3. The quantitative estimate of drug-likeness (QED) is 0.625. The van der Waals surface area contributed by atoms with E-state index in [2.05, 4.69) is 5.32 Å². The minimum atomic E-state index is -0.567. The van der Waals surface area contributed by atoms with Crippen LogP contribution in [0.15, 0.2) is 24.3 Å². The van der Waals surface area contributed by atoms with E-state index in [9.17, 15) is 19.7 Å². The van der Waals surface area contributed by atoms with Gasteiger partial charge in [0.2, 0.25) is 0 Å². The molecule has 0 unspecified atom stereocenters. The summed E-state index contributed by atoms with van der Waals surface area (Å²) in [4.78, 5) is 38.3. The van der Waals surface area contributed by atoms with Crippen molar-refractivity contribution in [2.75, 3.05) is 0 Å². The Hall–Kier alpha value is -2.44. The lowest BCUT2D eigenvalue weighted by Crippen LogP contribution is -2.53. The van der Waals surface area contributed by atoms with Gasteiger partial charge in [0.1, 0.15) is 5.56 Å². The van der Waals surface area contributed by atoms with Crippen molar-refractivity contribution >= 4 is 17.6 Å². The highest BCUT2D eigenvalue weighted by atomic mass is 16.6. The summed E-state index contributed by atoms with van der Waals surface area (Å²) in [7, 11) is 0. The van der Waals surface area contributed by atoms with Gasteiger partial charge in [-0.15, -0.1) is 0 Å². The van der Waals surface area contributed by atoms with Crippen molar-refractivity contribution in [3.8, 4) is 0 Å². The molecule has 2 aliphatic carbocycles. The summed E-state index contributed by atoms with van der Waals surface area (Å²) in [5.74, 6) is -0.567. The molecule has 3 rings (SSSR count). The maximum Gasteiger partial charge on any atom is 0.324 e. The van der Waals surface area contributed by atoms with E-state index in [1.165, 1.54) is 29.5 Å². The molecule has 27 heavy (non-hydrogen) atoms. The Balaban J connectivity index is 1.86. The highest BCUT2D eigenvalue weighted by Crippen LogP contribution is 2.27. The number of para-hydroxylation sites is 1. The molecule has 7 heteroatoms. The Bertz CT molecular complexity index is 694. The Morgan fingerprint density at radius 1 is 0.963 bits per heavy atom. The number of nitro groups is 1. The second-order valence-corrected chi connectivity index (χ2v) is 7.53. The molecule has 0 atom stereocenters. The highest BCUT2D eigenvalue weighted by molar-refractivity contribution is 6.06. The molecule has 2 aliphatic rings. The smallest absolute Gasteiger partial charge is 0.324 e. The summed E-state index contributed by atoms with van der Waals surface area (Å²) >= 11 is 0. The standard InChI is InChI=1S/C20H27N3O4/c24-19(17-13-7-8-14-18(17)23(26)27)22(16-11-5-2-6-12-16)20(25)21-15-9-3-1-4-10-15/h7-8,13-16H,1-6,9-12H2,(H,21,25). The van der Waals surface area contributed by atoms with E-state index in [0.717, 1.165) is 57.8 Å². The molecule has 0 heterocycles. The average molecular weight is 373 g/mol. The lowest BCUT2D eigenvalue weighted by Gasteiger charge is -2.34. The van der Waals surface area contributed by atoms with Gasteiger partial charge >= 0.3 is 6.03 Å². The van der Waals surface area contributed by atoms with E-state index in [1.807, 2.05) is 0 Å². The van der Waals surface area contributed by atoms with Gasteiger partial charge in [-0.1, -0.05) is 50.7 Å². The molecule has 2 saturated carbocycles. The molecular formula is C20H27N3O4. The molecule has 3 amide bonds.